The number of fused-ring (bicyclic) bond motifs is 1. The molecule has 0 amide bonds. The molecule has 0 saturated heterocycles. The third kappa shape index (κ3) is 2.54. The summed E-state index contributed by atoms with van der Waals surface area (Å²) in [5.74, 6) is 2.15. The molecule has 2 aliphatic rings. The fourth-order valence-corrected chi connectivity index (χ4v) is 3.88. The van der Waals surface area contributed by atoms with E-state index in [-0.39, 0.29) is 5.54 Å². The Morgan fingerprint density at radius 2 is 1.90 bits per heavy atom. The van der Waals surface area contributed by atoms with Gasteiger partial charge in [0, 0.05) is 18.3 Å². The minimum atomic E-state index is -0.0558. The average molecular weight is 402 g/mol. The highest BCUT2D eigenvalue weighted by atomic mass is 16.5. The Balaban J connectivity index is 1.61. The topological polar surface area (TPSA) is 121 Å². The SMILES string of the molecule is CCc1cnc(-c2c(-c3nn(C4(C)CC4)c4ncnc(N)c34)noc2C2CC2)nc1. The lowest BCUT2D eigenvalue weighted by Gasteiger charge is -2.09. The quantitative estimate of drug-likeness (QED) is 0.538. The molecule has 152 valence electrons. The van der Waals surface area contributed by atoms with Crippen LogP contribution in [0, 0.1) is 0 Å². The van der Waals surface area contributed by atoms with E-state index in [2.05, 4.69) is 38.9 Å². The van der Waals surface area contributed by atoms with E-state index in [9.17, 15) is 0 Å². The average Bonchev–Trinajstić information content (AvgIpc) is 3.66. The van der Waals surface area contributed by atoms with Gasteiger partial charge in [-0.1, -0.05) is 12.1 Å². The second-order valence-electron chi connectivity index (χ2n) is 8.53. The molecule has 9 heteroatoms. The summed E-state index contributed by atoms with van der Waals surface area (Å²) in [4.78, 5) is 17.9. The highest BCUT2D eigenvalue weighted by molar-refractivity contribution is 6.00. The van der Waals surface area contributed by atoms with Crippen molar-refractivity contribution in [2.75, 3.05) is 5.73 Å². The third-order valence-electron chi connectivity index (χ3n) is 6.21. The largest absolute Gasteiger partial charge is 0.383 e. The second kappa shape index (κ2) is 6.07. The number of nitrogens with two attached hydrogens (primary N) is 1. The van der Waals surface area contributed by atoms with Crippen molar-refractivity contribution in [3.8, 4) is 22.8 Å². The van der Waals surface area contributed by atoms with E-state index < -0.39 is 0 Å². The third-order valence-corrected chi connectivity index (χ3v) is 6.21. The first-order valence-corrected chi connectivity index (χ1v) is 10.4. The Hall–Kier alpha value is -3.36. The number of hydrogen-bond acceptors (Lipinski definition) is 8. The van der Waals surface area contributed by atoms with Gasteiger partial charge in [-0.05, 0) is 44.6 Å². The van der Waals surface area contributed by atoms with Crippen molar-refractivity contribution in [1.29, 1.82) is 0 Å². The minimum absolute atomic E-state index is 0.0558. The van der Waals surface area contributed by atoms with Gasteiger partial charge < -0.3 is 10.3 Å². The monoisotopic (exact) mass is 402 g/mol. The van der Waals surface area contributed by atoms with Gasteiger partial charge >= 0.3 is 0 Å². The molecular weight excluding hydrogens is 380 g/mol. The molecule has 6 rings (SSSR count). The lowest BCUT2D eigenvalue weighted by Crippen LogP contribution is -2.14. The predicted molar refractivity (Wildman–Crippen MR) is 110 cm³/mol. The van der Waals surface area contributed by atoms with Crippen molar-refractivity contribution in [2.45, 2.75) is 57.4 Å². The van der Waals surface area contributed by atoms with Gasteiger partial charge in [0.1, 0.15) is 23.5 Å². The molecule has 4 aromatic heterocycles. The highest BCUT2D eigenvalue weighted by Crippen LogP contribution is 2.49. The van der Waals surface area contributed by atoms with Crippen molar-refractivity contribution >= 4 is 16.9 Å². The summed E-state index contributed by atoms with van der Waals surface area (Å²) in [6, 6.07) is 0. The molecule has 2 aliphatic carbocycles. The maximum absolute atomic E-state index is 6.28. The highest BCUT2D eigenvalue weighted by Gasteiger charge is 2.43. The molecule has 4 aromatic rings. The van der Waals surface area contributed by atoms with Gasteiger partial charge in [-0.15, -0.1) is 0 Å². The number of rotatable bonds is 5. The number of aromatic nitrogens is 7. The van der Waals surface area contributed by atoms with Crippen LogP contribution in [0.5, 0.6) is 0 Å². The van der Waals surface area contributed by atoms with E-state index in [0.717, 1.165) is 54.6 Å². The first kappa shape index (κ1) is 17.5. The van der Waals surface area contributed by atoms with Crippen LogP contribution < -0.4 is 5.73 Å². The van der Waals surface area contributed by atoms with E-state index in [1.54, 1.807) is 0 Å². The Morgan fingerprint density at radius 3 is 2.57 bits per heavy atom. The number of nitrogens with zero attached hydrogens (tertiary/aromatic N) is 7. The van der Waals surface area contributed by atoms with Crippen molar-refractivity contribution in [2.24, 2.45) is 0 Å². The molecule has 2 fully saturated rings. The van der Waals surface area contributed by atoms with Gasteiger partial charge in [0.2, 0.25) is 0 Å². The summed E-state index contributed by atoms with van der Waals surface area (Å²) in [6.07, 6.45) is 10.3. The van der Waals surface area contributed by atoms with Crippen LogP contribution in [0.15, 0.2) is 23.2 Å². The number of nitrogen functional groups attached to an aromatic ring is 1. The van der Waals surface area contributed by atoms with E-state index >= 15 is 0 Å². The van der Waals surface area contributed by atoms with Crippen LogP contribution in [-0.4, -0.2) is 34.9 Å². The molecule has 0 aromatic carbocycles. The summed E-state index contributed by atoms with van der Waals surface area (Å²) in [6.45, 7) is 4.26. The van der Waals surface area contributed by atoms with Gasteiger partial charge in [-0.25, -0.2) is 24.6 Å². The van der Waals surface area contributed by atoms with E-state index in [0.29, 0.717) is 34.3 Å². The fraction of sp³-hybridized carbons (Fsp3) is 0.429. The van der Waals surface area contributed by atoms with E-state index in [4.69, 9.17) is 15.4 Å². The number of aryl methyl sites for hydroxylation is 1. The zero-order chi connectivity index (χ0) is 20.5. The molecule has 9 nitrogen and oxygen atoms in total. The molecule has 0 bridgehead atoms. The van der Waals surface area contributed by atoms with Crippen molar-refractivity contribution in [1.82, 2.24) is 34.9 Å². The Kier molecular flexibility index (Phi) is 3.54. The van der Waals surface area contributed by atoms with Gasteiger partial charge in [-0.2, -0.15) is 5.10 Å². The van der Waals surface area contributed by atoms with Gasteiger partial charge in [0.05, 0.1) is 16.5 Å². The Bertz CT molecular complexity index is 1260. The first-order valence-electron chi connectivity index (χ1n) is 10.4. The van der Waals surface area contributed by atoms with Crippen LogP contribution in [0.3, 0.4) is 0 Å². The Labute approximate surface area is 172 Å². The molecule has 0 atom stereocenters. The molecule has 0 spiro atoms. The fourth-order valence-electron chi connectivity index (χ4n) is 3.88. The normalized spacial score (nSPS) is 17.5. The maximum atomic E-state index is 6.28. The standard InChI is InChI=1S/C21H22N8O/c1-3-11-8-23-19(24-9-11)13-16(28-30-17(13)12-4-5-12)15-14-18(22)25-10-26-20(14)29(27-15)21(2)6-7-21/h8-10,12H,3-7H2,1-2H3,(H2,22,25,26). The van der Waals surface area contributed by atoms with Crippen LogP contribution in [0.1, 0.15) is 56.8 Å². The van der Waals surface area contributed by atoms with Crippen molar-refractivity contribution < 1.29 is 4.52 Å². The molecule has 2 N–H and O–H groups in total. The summed E-state index contributed by atoms with van der Waals surface area (Å²) in [5.41, 5.74) is 10.1. The predicted octanol–water partition coefficient (Wildman–Crippen LogP) is 3.47. The van der Waals surface area contributed by atoms with Gasteiger partial charge in [0.15, 0.2) is 17.2 Å². The molecule has 4 heterocycles. The maximum Gasteiger partial charge on any atom is 0.165 e. The van der Waals surface area contributed by atoms with E-state index in [1.165, 1.54) is 6.33 Å². The lowest BCUT2D eigenvalue weighted by atomic mass is 10.1. The summed E-state index contributed by atoms with van der Waals surface area (Å²) in [5, 5.41) is 10.1. The molecule has 0 radical (unpaired) electrons. The Morgan fingerprint density at radius 1 is 1.13 bits per heavy atom. The molecule has 2 saturated carbocycles. The van der Waals surface area contributed by atoms with Crippen molar-refractivity contribution in [3.63, 3.8) is 0 Å². The second-order valence-corrected chi connectivity index (χ2v) is 8.53. The lowest BCUT2D eigenvalue weighted by molar-refractivity contribution is 0.386. The molecule has 0 unspecified atom stereocenters. The van der Waals surface area contributed by atoms with Gasteiger partial charge in [0.25, 0.3) is 0 Å². The van der Waals surface area contributed by atoms with Crippen LogP contribution >= 0.6 is 0 Å². The number of anilines is 1. The van der Waals surface area contributed by atoms with E-state index in [1.807, 2.05) is 17.1 Å². The number of hydrogen-bond donors (Lipinski definition) is 1. The summed E-state index contributed by atoms with van der Waals surface area (Å²) in [7, 11) is 0. The van der Waals surface area contributed by atoms with Gasteiger partial charge in [-0.3, -0.25) is 0 Å². The summed E-state index contributed by atoms with van der Waals surface area (Å²) >= 11 is 0. The van der Waals surface area contributed by atoms with Crippen LogP contribution in [0.2, 0.25) is 0 Å². The zero-order valence-electron chi connectivity index (χ0n) is 17.0. The van der Waals surface area contributed by atoms with Crippen molar-refractivity contribution in [3.05, 3.63) is 30.0 Å². The smallest absolute Gasteiger partial charge is 0.165 e. The van der Waals surface area contributed by atoms with Crippen LogP contribution in [0.25, 0.3) is 33.8 Å². The molecule has 30 heavy (non-hydrogen) atoms. The molecule has 0 aliphatic heterocycles. The zero-order valence-corrected chi connectivity index (χ0v) is 17.0. The molecular formula is C21H22N8O. The van der Waals surface area contributed by atoms with Crippen LogP contribution in [-0.2, 0) is 12.0 Å². The summed E-state index contributed by atoms with van der Waals surface area (Å²) < 4.78 is 7.79. The van der Waals surface area contributed by atoms with Crippen LogP contribution in [0.4, 0.5) is 5.82 Å². The minimum Gasteiger partial charge on any atom is -0.383 e. The first-order chi connectivity index (χ1) is 14.6.